The minimum Gasteiger partial charge on any atom is -0.434 e. The van der Waals surface area contributed by atoms with Crippen molar-refractivity contribution in [2.24, 2.45) is 0 Å². The van der Waals surface area contributed by atoms with E-state index in [1.807, 2.05) is 6.07 Å². The summed E-state index contributed by atoms with van der Waals surface area (Å²) in [6.07, 6.45) is 6.69. The smallest absolute Gasteiger partial charge is 0.387 e. The molecule has 6 heteroatoms. The first-order valence-electron chi connectivity index (χ1n) is 8.39. The van der Waals surface area contributed by atoms with Crippen LogP contribution in [0.1, 0.15) is 48.8 Å². The lowest BCUT2D eigenvalue weighted by Crippen LogP contribution is -2.36. The van der Waals surface area contributed by atoms with Gasteiger partial charge in [0.05, 0.1) is 0 Å². The molecule has 1 aliphatic rings. The van der Waals surface area contributed by atoms with E-state index in [1.54, 1.807) is 26.0 Å². The Morgan fingerprint density at radius 3 is 2.40 bits per heavy atom. The monoisotopic (exact) mass is 348 g/mol. The van der Waals surface area contributed by atoms with Gasteiger partial charge < -0.3 is 10.1 Å². The third-order valence-electron chi connectivity index (χ3n) is 4.31. The number of ether oxygens (including phenoxy) is 1. The fourth-order valence-electron chi connectivity index (χ4n) is 3.17. The number of amides is 1. The Bertz CT molecular complexity index is 679. The maximum atomic E-state index is 12.4. The Morgan fingerprint density at radius 1 is 1.28 bits per heavy atom. The van der Waals surface area contributed by atoms with Crippen molar-refractivity contribution in [3.05, 3.63) is 34.4 Å². The van der Waals surface area contributed by atoms with Gasteiger partial charge in [0.2, 0.25) is 0 Å². The summed E-state index contributed by atoms with van der Waals surface area (Å²) in [5.74, 6) is -0.269. The number of halogens is 2. The molecule has 0 aromatic heterocycles. The van der Waals surface area contributed by atoms with Gasteiger partial charge in [0, 0.05) is 6.04 Å². The molecule has 1 aromatic carbocycles. The minimum absolute atomic E-state index is 0.00639. The molecule has 0 bridgehead atoms. The van der Waals surface area contributed by atoms with Crippen LogP contribution in [0.5, 0.6) is 5.75 Å². The highest BCUT2D eigenvalue weighted by Gasteiger charge is 2.18. The van der Waals surface area contributed by atoms with Crippen molar-refractivity contribution in [2.75, 3.05) is 0 Å². The molecule has 1 saturated carbocycles. The molecule has 0 radical (unpaired) electrons. The number of nitrogens with one attached hydrogen (secondary N) is 1. The molecule has 0 spiro atoms. The number of carbonyl (C=O) groups excluding carboxylic acids is 1. The first-order chi connectivity index (χ1) is 11.9. The Hall–Kier alpha value is -2.42. The van der Waals surface area contributed by atoms with Crippen molar-refractivity contribution in [1.29, 1.82) is 5.26 Å². The van der Waals surface area contributed by atoms with E-state index in [1.165, 1.54) is 12.5 Å². The number of aryl methyl sites for hydroxylation is 2. The van der Waals surface area contributed by atoms with Crippen LogP contribution in [0.3, 0.4) is 0 Å². The summed E-state index contributed by atoms with van der Waals surface area (Å²) < 4.78 is 29.4. The summed E-state index contributed by atoms with van der Waals surface area (Å²) >= 11 is 0. The quantitative estimate of drug-likeness (QED) is 0.639. The summed E-state index contributed by atoms with van der Waals surface area (Å²) in [6, 6.07) is 5.28. The van der Waals surface area contributed by atoms with Crippen molar-refractivity contribution >= 4 is 12.0 Å². The average molecular weight is 348 g/mol. The second kappa shape index (κ2) is 8.61. The van der Waals surface area contributed by atoms with Crippen molar-refractivity contribution in [2.45, 2.75) is 58.6 Å². The Labute approximate surface area is 146 Å². The van der Waals surface area contributed by atoms with E-state index in [4.69, 9.17) is 0 Å². The minimum atomic E-state index is -2.89. The second-order valence-electron chi connectivity index (χ2n) is 6.34. The highest BCUT2D eigenvalue weighted by Crippen LogP contribution is 2.27. The molecule has 1 fully saturated rings. The zero-order chi connectivity index (χ0) is 18.4. The van der Waals surface area contributed by atoms with Crippen molar-refractivity contribution in [1.82, 2.24) is 5.32 Å². The zero-order valence-electron chi connectivity index (χ0n) is 14.4. The fourth-order valence-corrected chi connectivity index (χ4v) is 3.17. The predicted octanol–water partition coefficient (Wildman–Crippen LogP) is 4.26. The summed E-state index contributed by atoms with van der Waals surface area (Å²) in [4.78, 5) is 12.3. The van der Waals surface area contributed by atoms with E-state index in [0.717, 1.165) is 25.7 Å². The van der Waals surface area contributed by atoms with Gasteiger partial charge in [0.25, 0.3) is 5.91 Å². The number of hydrogen-bond acceptors (Lipinski definition) is 3. The van der Waals surface area contributed by atoms with E-state index in [2.05, 4.69) is 10.1 Å². The van der Waals surface area contributed by atoms with Crippen LogP contribution in [-0.2, 0) is 4.79 Å². The molecule has 0 heterocycles. The molecule has 1 N–H and O–H groups in total. The summed E-state index contributed by atoms with van der Waals surface area (Å²) in [7, 11) is 0. The fraction of sp³-hybridized carbons (Fsp3) is 0.474. The molecule has 0 unspecified atom stereocenters. The van der Waals surface area contributed by atoms with E-state index in [9.17, 15) is 18.8 Å². The SMILES string of the molecule is Cc1cc(/C=C(\C#N)C(=O)NC2CCCCC2)cc(C)c1OC(F)F. The summed E-state index contributed by atoms with van der Waals surface area (Å²) in [6.45, 7) is 0.404. The molecule has 0 aliphatic heterocycles. The van der Waals surface area contributed by atoms with Crippen LogP contribution < -0.4 is 10.1 Å². The number of nitrogens with zero attached hydrogens (tertiary/aromatic N) is 1. The van der Waals surface area contributed by atoms with E-state index < -0.39 is 12.5 Å². The van der Waals surface area contributed by atoms with E-state index >= 15 is 0 Å². The number of carbonyl (C=O) groups is 1. The number of alkyl halides is 2. The van der Waals surface area contributed by atoms with Crippen LogP contribution in [0.15, 0.2) is 17.7 Å². The molecule has 4 nitrogen and oxygen atoms in total. The van der Waals surface area contributed by atoms with Gasteiger partial charge >= 0.3 is 6.61 Å². The van der Waals surface area contributed by atoms with Crippen LogP contribution >= 0.6 is 0 Å². The standard InChI is InChI=1S/C19H22F2N2O2/c1-12-8-14(9-13(2)17(12)25-19(20)21)10-15(11-22)18(24)23-16-6-4-3-5-7-16/h8-10,16,19H,3-7H2,1-2H3,(H,23,24)/b15-10+. The van der Waals surface area contributed by atoms with Gasteiger partial charge in [-0.15, -0.1) is 0 Å². The number of rotatable bonds is 5. The molecule has 25 heavy (non-hydrogen) atoms. The molecule has 134 valence electrons. The molecular weight excluding hydrogens is 326 g/mol. The molecule has 2 rings (SSSR count). The first kappa shape index (κ1) is 18.9. The lowest BCUT2D eigenvalue weighted by atomic mass is 9.95. The molecule has 0 saturated heterocycles. The average Bonchev–Trinajstić information content (AvgIpc) is 2.56. The van der Waals surface area contributed by atoms with Crippen LogP contribution in [0.2, 0.25) is 0 Å². The lowest BCUT2D eigenvalue weighted by Gasteiger charge is -2.22. The van der Waals surface area contributed by atoms with Gasteiger partial charge in [0.1, 0.15) is 17.4 Å². The van der Waals surface area contributed by atoms with Crippen LogP contribution in [0, 0.1) is 25.2 Å². The molecule has 0 atom stereocenters. The van der Waals surface area contributed by atoms with Crippen LogP contribution in [0.4, 0.5) is 8.78 Å². The number of hydrogen-bond donors (Lipinski definition) is 1. The maximum Gasteiger partial charge on any atom is 0.387 e. The van der Waals surface area contributed by atoms with E-state index in [0.29, 0.717) is 16.7 Å². The second-order valence-corrected chi connectivity index (χ2v) is 6.34. The Morgan fingerprint density at radius 2 is 1.88 bits per heavy atom. The van der Waals surface area contributed by atoms with Gasteiger partial charge in [-0.2, -0.15) is 14.0 Å². The highest BCUT2D eigenvalue weighted by atomic mass is 19.3. The topological polar surface area (TPSA) is 62.1 Å². The number of benzene rings is 1. The number of nitriles is 1. The molecule has 1 aromatic rings. The Balaban J connectivity index is 2.18. The summed E-state index contributed by atoms with van der Waals surface area (Å²) in [5, 5.41) is 12.2. The largest absolute Gasteiger partial charge is 0.434 e. The normalized spacial score (nSPS) is 15.8. The lowest BCUT2D eigenvalue weighted by molar-refractivity contribution is -0.117. The van der Waals surface area contributed by atoms with Crippen LogP contribution in [-0.4, -0.2) is 18.6 Å². The van der Waals surface area contributed by atoms with Crippen molar-refractivity contribution in [3.63, 3.8) is 0 Å². The van der Waals surface area contributed by atoms with Crippen LogP contribution in [0.25, 0.3) is 6.08 Å². The Kier molecular flexibility index (Phi) is 6.51. The maximum absolute atomic E-state index is 12.4. The van der Waals surface area contributed by atoms with Gasteiger partial charge in [0.15, 0.2) is 0 Å². The van der Waals surface area contributed by atoms with Crippen molar-refractivity contribution in [3.8, 4) is 11.8 Å². The van der Waals surface area contributed by atoms with Gasteiger partial charge in [-0.1, -0.05) is 19.3 Å². The van der Waals surface area contributed by atoms with E-state index in [-0.39, 0.29) is 17.4 Å². The molecular formula is C19H22F2N2O2. The third-order valence-corrected chi connectivity index (χ3v) is 4.31. The highest BCUT2D eigenvalue weighted by molar-refractivity contribution is 6.01. The predicted molar refractivity (Wildman–Crippen MR) is 91.2 cm³/mol. The first-order valence-corrected chi connectivity index (χ1v) is 8.39. The zero-order valence-corrected chi connectivity index (χ0v) is 14.4. The molecule has 1 aliphatic carbocycles. The van der Waals surface area contributed by atoms with Gasteiger partial charge in [-0.3, -0.25) is 4.79 Å². The van der Waals surface area contributed by atoms with Gasteiger partial charge in [-0.05, 0) is 61.6 Å². The van der Waals surface area contributed by atoms with Crippen molar-refractivity contribution < 1.29 is 18.3 Å². The third kappa shape index (κ3) is 5.28. The van der Waals surface area contributed by atoms with Gasteiger partial charge in [-0.25, -0.2) is 0 Å². The summed E-state index contributed by atoms with van der Waals surface area (Å²) in [5.41, 5.74) is 1.66. The molecule has 1 amide bonds.